The third-order valence-corrected chi connectivity index (χ3v) is 3.98. The number of alkyl halides is 3. The van der Waals surface area contributed by atoms with Gasteiger partial charge >= 0.3 is 12.1 Å². The molecule has 0 saturated heterocycles. The van der Waals surface area contributed by atoms with Crippen molar-refractivity contribution in [1.82, 2.24) is 0 Å². The van der Waals surface area contributed by atoms with Crippen molar-refractivity contribution in [2.24, 2.45) is 11.8 Å². The van der Waals surface area contributed by atoms with Gasteiger partial charge in [0.25, 0.3) is 0 Å². The summed E-state index contributed by atoms with van der Waals surface area (Å²) in [5.74, 6) is -1.33. The van der Waals surface area contributed by atoms with Crippen molar-refractivity contribution in [1.29, 1.82) is 0 Å². The van der Waals surface area contributed by atoms with E-state index >= 15 is 0 Å². The zero-order valence-electron chi connectivity index (χ0n) is 11.0. The van der Waals surface area contributed by atoms with E-state index in [2.05, 4.69) is 0 Å². The number of hydrogen-bond donors (Lipinski definition) is 1. The summed E-state index contributed by atoms with van der Waals surface area (Å²) in [4.78, 5) is 11.2. The fourth-order valence-electron chi connectivity index (χ4n) is 2.95. The third kappa shape index (κ3) is 3.52. The molecule has 2 unspecified atom stereocenters. The second-order valence-corrected chi connectivity index (χ2v) is 5.39. The first-order valence-electron chi connectivity index (χ1n) is 6.77. The van der Waals surface area contributed by atoms with Gasteiger partial charge in [0.15, 0.2) is 0 Å². The smallest absolute Gasteiger partial charge is 0.416 e. The number of halogens is 3. The Morgan fingerprint density at radius 3 is 2.60 bits per heavy atom. The van der Waals surface area contributed by atoms with Crippen LogP contribution in [0.15, 0.2) is 24.3 Å². The van der Waals surface area contributed by atoms with Crippen molar-refractivity contribution in [3.8, 4) is 0 Å². The molecular formula is C15H17F3O2. The van der Waals surface area contributed by atoms with E-state index in [-0.39, 0.29) is 5.92 Å². The highest BCUT2D eigenvalue weighted by Crippen LogP contribution is 2.34. The maximum Gasteiger partial charge on any atom is 0.416 e. The summed E-state index contributed by atoms with van der Waals surface area (Å²) in [7, 11) is 0. The summed E-state index contributed by atoms with van der Waals surface area (Å²) < 4.78 is 38.0. The largest absolute Gasteiger partial charge is 0.481 e. The van der Waals surface area contributed by atoms with Gasteiger partial charge in [-0.05, 0) is 36.8 Å². The van der Waals surface area contributed by atoms with Crippen LogP contribution in [-0.4, -0.2) is 11.1 Å². The van der Waals surface area contributed by atoms with Crippen molar-refractivity contribution < 1.29 is 23.1 Å². The Morgan fingerprint density at radius 1 is 1.25 bits per heavy atom. The average molecular weight is 286 g/mol. The number of aliphatic carboxylic acids is 1. The fourth-order valence-corrected chi connectivity index (χ4v) is 2.95. The van der Waals surface area contributed by atoms with Crippen LogP contribution in [0, 0.1) is 11.8 Å². The van der Waals surface area contributed by atoms with Crippen molar-refractivity contribution in [2.75, 3.05) is 0 Å². The minimum atomic E-state index is -4.35. The quantitative estimate of drug-likeness (QED) is 0.906. The maximum atomic E-state index is 12.7. The molecule has 5 heteroatoms. The van der Waals surface area contributed by atoms with Gasteiger partial charge < -0.3 is 5.11 Å². The van der Waals surface area contributed by atoms with Gasteiger partial charge in [-0.25, -0.2) is 0 Å². The first-order chi connectivity index (χ1) is 9.38. The molecule has 2 atom stereocenters. The molecular weight excluding hydrogens is 269 g/mol. The highest BCUT2D eigenvalue weighted by molar-refractivity contribution is 5.70. The molecule has 1 saturated carbocycles. The predicted molar refractivity (Wildman–Crippen MR) is 68.2 cm³/mol. The first-order valence-corrected chi connectivity index (χ1v) is 6.77. The lowest BCUT2D eigenvalue weighted by Gasteiger charge is -2.28. The molecule has 1 aliphatic carbocycles. The Kier molecular flexibility index (Phi) is 4.35. The summed E-state index contributed by atoms with van der Waals surface area (Å²) in [6.45, 7) is 0. The van der Waals surface area contributed by atoms with E-state index in [1.165, 1.54) is 6.07 Å². The monoisotopic (exact) mass is 286 g/mol. The van der Waals surface area contributed by atoms with Gasteiger partial charge in [0, 0.05) is 0 Å². The molecule has 0 aliphatic heterocycles. The molecule has 0 aromatic heterocycles. The van der Waals surface area contributed by atoms with Crippen molar-refractivity contribution >= 4 is 5.97 Å². The zero-order valence-corrected chi connectivity index (χ0v) is 11.0. The molecule has 1 fully saturated rings. The van der Waals surface area contributed by atoms with Crippen LogP contribution in [0.5, 0.6) is 0 Å². The number of carboxylic acid groups (broad SMARTS) is 1. The molecule has 1 aliphatic rings. The number of carbonyl (C=O) groups is 1. The third-order valence-electron chi connectivity index (χ3n) is 3.98. The molecule has 0 spiro atoms. The van der Waals surface area contributed by atoms with Gasteiger partial charge in [-0.15, -0.1) is 0 Å². The van der Waals surface area contributed by atoms with E-state index in [0.29, 0.717) is 18.4 Å². The Hall–Kier alpha value is -1.52. The van der Waals surface area contributed by atoms with E-state index in [4.69, 9.17) is 0 Å². The van der Waals surface area contributed by atoms with E-state index in [1.54, 1.807) is 6.07 Å². The summed E-state index contributed by atoms with van der Waals surface area (Å²) in [5.41, 5.74) is -0.101. The molecule has 2 rings (SSSR count). The molecule has 0 radical (unpaired) electrons. The van der Waals surface area contributed by atoms with Crippen molar-refractivity contribution in [3.05, 3.63) is 35.4 Å². The average Bonchev–Trinajstić information content (AvgIpc) is 2.38. The van der Waals surface area contributed by atoms with Gasteiger partial charge in [0.1, 0.15) is 0 Å². The summed E-state index contributed by atoms with van der Waals surface area (Å²) in [5, 5.41) is 9.19. The Morgan fingerprint density at radius 2 is 1.95 bits per heavy atom. The van der Waals surface area contributed by atoms with Gasteiger partial charge in [-0.2, -0.15) is 13.2 Å². The van der Waals surface area contributed by atoms with Crippen LogP contribution in [-0.2, 0) is 17.4 Å². The fraction of sp³-hybridized carbons (Fsp3) is 0.533. The van der Waals surface area contributed by atoms with Crippen LogP contribution in [0.3, 0.4) is 0 Å². The van der Waals surface area contributed by atoms with Crippen molar-refractivity contribution in [3.63, 3.8) is 0 Å². The number of hydrogen-bond acceptors (Lipinski definition) is 1. The van der Waals surface area contributed by atoms with Crippen LogP contribution in [0.4, 0.5) is 13.2 Å². The minimum absolute atomic E-state index is 0.0651. The standard InChI is InChI=1S/C15H17F3O2/c16-15(17,18)12-6-3-4-10(9-12)8-11-5-1-2-7-13(11)14(19)20/h3-4,6,9,11,13H,1-2,5,7-8H2,(H,19,20). The lowest BCUT2D eigenvalue weighted by Crippen LogP contribution is -2.28. The van der Waals surface area contributed by atoms with Crippen LogP contribution < -0.4 is 0 Å². The van der Waals surface area contributed by atoms with Gasteiger partial charge in [-0.1, -0.05) is 31.0 Å². The molecule has 1 aromatic carbocycles. The number of rotatable bonds is 3. The van der Waals surface area contributed by atoms with Crippen LogP contribution in [0.1, 0.15) is 36.8 Å². The molecule has 0 amide bonds. The molecule has 1 aromatic rings. The summed E-state index contributed by atoms with van der Waals surface area (Å²) in [6, 6.07) is 5.20. The maximum absolute atomic E-state index is 12.7. The highest BCUT2D eigenvalue weighted by Gasteiger charge is 2.33. The Balaban J connectivity index is 2.14. The van der Waals surface area contributed by atoms with Gasteiger partial charge in [0.2, 0.25) is 0 Å². The van der Waals surface area contributed by atoms with Gasteiger partial charge in [0.05, 0.1) is 11.5 Å². The van der Waals surface area contributed by atoms with E-state index in [1.807, 2.05) is 0 Å². The normalized spacial score (nSPS) is 23.6. The van der Waals surface area contributed by atoms with E-state index < -0.39 is 23.6 Å². The SMILES string of the molecule is O=C(O)C1CCCCC1Cc1cccc(C(F)(F)F)c1. The molecule has 0 bridgehead atoms. The van der Waals surface area contributed by atoms with Crippen LogP contribution >= 0.6 is 0 Å². The van der Waals surface area contributed by atoms with Crippen LogP contribution in [0.2, 0.25) is 0 Å². The van der Waals surface area contributed by atoms with Crippen LogP contribution in [0.25, 0.3) is 0 Å². The Bertz CT molecular complexity index is 482. The van der Waals surface area contributed by atoms with E-state index in [0.717, 1.165) is 31.4 Å². The Labute approximate surface area is 115 Å². The second kappa shape index (κ2) is 5.85. The molecule has 110 valence electrons. The summed E-state index contributed by atoms with van der Waals surface area (Å²) in [6.07, 6.45) is -0.717. The van der Waals surface area contributed by atoms with Crippen molar-refractivity contribution in [2.45, 2.75) is 38.3 Å². The first kappa shape index (κ1) is 14.9. The highest BCUT2D eigenvalue weighted by atomic mass is 19.4. The molecule has 1 N–H and O–H groups in total. The predicted octanol–water partition coefficient (Wildman–Crippen LogP) is 4.14. The second-order valence-electron chi connectivity index (χ2n) is 5.39. The summed E-state index contributed by atoms with van der Waals surface area (Å²) >= 11 is 0. The lowest BCUT2D eigenvalue weighted by atomic mass is 9.76. The molecule has 2 nitrogen and oxygen atoms in total. The molecule has 20 heavy (non-hydrogen) atoms. The van der Waals surface area contributed by atoms with E-state index in [9.17, 15) is 23.1 Å². The molecule has 0 heterocycles. The topological polar surface area (TPSA) is 37.3 Å². The minimum Gasteiger partial charge on any atom is -0.481 e. The number of benzene rings is 1. The van der Waals surface area contributed by atoms with Gasteiger partial charge in [-0.3, -0.25) is 4.79 Å². The lowest BCUT2D eigenvalue weighted by molar-refractivity contribution is -0.145. The zero-order chi connectivity index (χ0) is 14.8. The number of carboxylic acids is 1.